The molecule has 2 saturated heterocycles. The molecule has 1 aromatic carbocycles. The summed E-state index contributed by atoms with van der Waals surface area (Å²) in [6.07, 6.45) is 8.13. The van der Waals surface area contributed by atoms with Crippen molar-refractivity contribution in [2.45, 2.75) is 109 Å². The van der Waals surface area contributed by atoms with Gasteiger partial charge in [-0.05, 0) is 49.7 Å². The van der Waals surface area contributed by atoms with Gasteiger partial charge in [0.2, 0.25) is 23.6 Å². The summed E-state index contributed by atoms with van der Waals surface area (Å²) in [6.45, 7) is 4.28. The number of rotatable bonds is 12. The number of nitrogens with one attached hydrogen (secondary N) is 3. The van der Waals surface area contributed by atoms with Crippen molar-refractivity contribution in [3.8, 4) is 0 Å². The van der Waals surface area contributed by atoms with Crippen molar-refractivity contribution in [3.05, 3.63) is 36.0 Å². The molecule has 252 valence electrons. The highest BCUT2D eigenvalue weighted by Crippen LogP contribution is 2.24. The van der Waals surface area contributed by atoms with Crippen LogP contribution in [0.4, 0.5) is 0 Å². The molecule has 46 heavy (non-hydrogen) atoms. The van der Waals surface area contributed by atoms with Gasteiger partial charge in [-0.25, -0.2) is 0 Å². The maximum atomic E-state index is 14.1. The molecule has 1 unspecified atom stereocenters. The number of hydrogen-bond acceptors (Lipinski definition) is 7. The summed E-state index contributed by atoms with van der Waals surface area (Å²) in [6, 6.07) is 4.17. The molecule has 1 aromatic heterocycles. The van der Waals surface area contributed by atoms with Crippen LogP contribution in [0.3, 0.4) is 0 Å². The van der Waals surface area contributed by atoms with Crippen LogP contribution in [-0.4, -0.2) is 84.2 Å². The summed E-state index contributed by atoms with van der Waals surface area (Å²) in [5.74, 6) is -1.98. The minimum absolute atomic E-state index is 0.149. The lowest BCUT2D eigenvalue weighted by Gasteiger charge is -2.39. The van der Waals surface area contributed by atoms with Crippen molar-refractivity contribution in [1.29, 1.82) is 0 Å². The van der Waals surface area contributed by atoms with Gasteiger partial charge in [-0.3, -0.25) is 24.0 Å². The number of benzene rings is 1. The normalized spacial score (nSPS) is 23.3. The van der Waals surface area contributed by atoms with E-state index in [1.165, 1.54) is 7.11 Å². The Labute approximate surface area is 270 Å². The van der Waals surface area contributed by atoms with Gasteiger partial charge in [0.25, 0.3) is 0 Å². The van der Waals surface area contributed by atoms with E-state index >= 15 is 0 Å². The molecule has 12 nitrogen and oxygen atoms in total. The summed E-state index contributed by atoms with van der Waals surface area (Å²) < 4.78 is 6.32. The van der Waals surface area contributed by atoms with E-state index in [-0.39, 0.29) is 30.1 Å². The third-order valence-corrected chi connectivity index (χ3v) is 9.36. The fourth-order valence-electron chi connectivity index (χ4n) is 6.43. The highest BCUT2D eigenvalue weighted by Gasteiger charge is 2.40. The first-order chi connectivity index (χ1) is 22.2. The third-order valence-electron chi connectivity index (χ3n) is 9.36. The first-order valence-electron chi connectivity index (χ1n) is 16.6. The Kier molecular flexibility index (Phi) is 12.4. The van der Waals surface area contributed by atoms with Gasteiger partial charge in [0.05, 0.1) is 12.6 Å². The first kappa shape index (κ1) is 34.8. The number of piperidine rings is 1. The molecule has 4 amide bonds. The molecule has 0 bridgehead atoms. The fourth-order valence-corrected chi connectivity index (χ4v) is 6.43. The molecule has 2 aromatic rings. The highest BCUT2D eigenvalue weighted by atomic mass is 16.6. The van der Waals surface area contributed by atoms with E-state index in [0.29, 0.717) is 45.1 Å². The maximum Gasteiger partial charge on any atom is 0.305 e. The van der Waals surface area contributed by atoms with E-state index in [9.17, 15) is 24.0 Å². The molecule has 2 fully saturated rings. The van der Waals surface area contributed by atoms with Crippen molar-refractivity contribution >= 4 is 40.5 Å². The number of amides is 4. The second-order valence-corrected chi connectivity index (χ2v) is 12.5. The highest BCUT2D eigenvalue weighted by molar-refractivity contribution is 5.98. The molecule has 0 spiro atoms. The van der Waals surface area contributed by atoms with Gasteiger partial charge in [-0.1, -0.05) is 57.7 Å². The topological polar surface area (TPSA) is 148 Å². The molecular weight excluding hydrogens is 590 g/mol. The van der Waals surface area contributed by atoms with E-state index in [4.69, 9.17) is 9.57 Å². The van der Waals surface area contributed by atoms with Crippen LogP contribution in [0.1, 0.15) is 83.6 Å². The predicted octanol–water partition coefficient (Wildman–Crippen LogP) is 2.65. The number of fused-ring (bicyclic) bond motifs is 2. The molecule has 0 radical (unpaired) electrons. The number of unbranched alkanes of at least 4 members (excludes halogenated alkanes) is 3. The molecule has 2 aliphatic heterocycles. The smallest absolute Gasteiger partial charge is 0.305 e. The summed E-state index contributed by atoms with van der Waals surface area (Å²) in [7, 11) is 2.92. The van der Waals surface area contributed by atoms with Crippen LogP contribution in [0.15, 0.2) is 30.5 Å². The van der Waals surface area contributed by atoms with Crippen LogP contribution in [0, 0.1) is 5.92 Å². The van der Waals surface area contributed by atoms with Crippen molar-refractivity contribution in [1.82, 2.24) is 25.6 Å². The van der Waals surface area contributed by atoms with Gasteiger partial charge >= 0.3 is 5.97 Å². The van der Waals surface area contributed by atoms with Crippen LogP contribution in [0.5, 0.6) is 0 Å². The van der Waals surface area contributed by atoms with E-state index in [0.717, 1.165) is 42.1 Å². The second-order valence-electron chi connectivity index (χ2n) is 12.5. The van der Waals surface area contributed by atoms with Crippen LogP contribution >= 0.6 is 0 Å². The number of para-hydroxylation sites is 1. The molecular formula is C34H49N5O7. The van der Waals surface area contributed by atoms with Crippen molar-refractivity contribution in [2.75, 3.05) is 20.8 Å². The Morgan fingerprint density at radius 1 is 0.935 bits per heavy atom. The van der Waals surface area contributed by atoms with Crippen LogP contribution in [0.2, 0.25) is 0 Å². The van der Waals surface area contributed by atoms with Gasteiger partial charge in [-0.2, -0.15) is 4.73 Å². The molecule has 3 N–H and O–H groups in total. The standard InChI is InChI=1S/C34H49N5O7/c1-5-22(2)30-34(44)38-19-13-12-17-28(38)33(43)35-25(15-8-6-7-9-18-29(40)45-3)31(41)36-26(32(42)37-30)20-23-21-39(46-4)27-16-11-10-14-24(23)27/h10-11,14,16,21-22,25-26,28,30H,5-9,12-13,15,17-20H2,1-4H3,(H,35,43)(H,36,41)(H,37,42)/t22?,25-,26-,28+,30-/m0/s1. The van der Waals surface area contributed by atoms with Crippen molar-refractivity contribution < 1.29 is 33.5 Å². The number of aromatic nitrogens is 1. The lowest BCUT2D eigenvalue weighted by molar-refractivity contribution is -0.147. The summed E-state index contributed by atoms with van der Waals surface area (Å²) in [4.78, 5) is 74.3. The lowest BCUT2D eigenvalue weighted by Crippen LogP contribution is -2.64. The lowest BCUT2D eigenvalue weighted by atomic mass is 9.93. The zero-order valence-electron chi connectivity index (χ0n) is 27.5. The number of methoxy groups -OCH3 is 1. The Morgan fingerprint density at radius 3 is 2.39 bits per heavy atom. The predicted molar refractivity (Wildman–Crippen MR) is 172 cm³/mol. The SMILES string of the molecule is CCC(C)[C@@H]1NC(=O)[C@H](Cc2cn(OC)c3ccccc23)NC(=O)[C@H](CCCCCCC(=O)OC)NC(=O)[C@H]2CCCCN2C1=O. The Hall–Kier alpha value is -4.09. The summed E-state index contributed by atoms with van der Waals surface area (Å²) >= 11 is 0. The van der Waals surface area contributed by atoms with Gasteiger partial charge in [-0.15, -0.1) is 0 Å². The maximum absolute atomic E-state index is 14.1. The average Bonchev–Trinajstić information content (AvgIpc) is 3.43. The number of esters is 1. The van der Waals surface area contributed by atoms with Crippen molar-refractivity contribution in [3.63, 3.8) is 0 Å². The Morgan fingerprint density at radius 2 is 1.65 bits per heavy atom. The molecule has 0 saturated carbocycles. The number of ether oxygens (including phenoxy) is 1. The van der Waals surface area contributed by atoms with E-state index < -0.39 is 36.0 Å². The van der Waals surface area contributed by atoms with E-state index in [1.807, 2.05) is 38.1 Å². The average molecular weight is 640 g/mol. The number of carbonyl (C=O) groups excluding carboxylic acids is 5. The van der Waals surface area contributed by atoms with Crippen LogP contribution < -0.4 is 20.8 Å². The Balaban J connectivity index is 1.63. The minimum atomic E-state index is -1.01. The molecule has 4 rings (SSSR count). The number of nitrogens with zero attached hydrogens (tertiary/aromatic N) is 2. The quantitative estimate of drug-likeness (QED) is 0.239. The van der Waals surface area contributed by atoms with E-state index in [1.54, 1.807) is 22.9 Å². The molecule has 2 aliphatic rings. The van der Waals surface area contributed by atoms with Gasteiger partial charge < -0.3 is 30.4 Å². The summed E-state index contributed by atoms with van der Waals surface area (Å²) in [5.41, 5.74) is 1.61. The monoisotopic (exact) mass is 639 g/mol. The molecule has 12 heteroatoms. The van der Waals surface area contributed by atoms with Gasteiger partial charge in [0, 0.05) is 31.0 Å². The van der Waals surface area contributed by atoms with Crippen LogP contribution in [0.25, 0.3) is 10.9 Å². The van der Waals surface area contributed by atoms with E-state index in [2.05, 4.69) is 16.0 Å². The molecule has 3 heterocycles. The molecule has 0 aliphatic carbocycles. The summed E-state index contributed by atoms with van der Waals surface area (Å²) in [5, 5.41) is 9.74. The van der Waals surface area contributed by atoms with Gasteiger partial charge in [0.15, 0.2) is 0 Å². The first-order valence-corrected chi connectivity index (χ1v) is 16.6. The van der Waals surface area contributed by atoms with Crippen molar-refractivity contribution in [2.24, 2.45) is 5.92 Å². The second kappa shape index (κ2) is 16.5. The van der Waals surface area contributed by atoms with Gasteiger partial charge in [0.1, 0.15) is 31.3 Å². The zero-order chi connectivity index (χ0) is 33.2. The Bertz CT molecular complexity index is 1390. The zero-order valence-corrected chi connectivity index (χ0v) is 27.5. The molecule has 5 atom stereocenters. The minimum Gasteiger partial charge on any atom is -0.469 e. The number of carbonyl (C=O) groups is 5. The largest absolute Gasteiger partial charge is 0.469 e. The third kappa shape index (κ3) is 8.38. The van der Waals surface area contributed by atoms with Crippen LogP contribution in [-0.2, 0) is 35.1 Å². The fraction of sp³-hybridized carbons (Fsp3) is 0.618. The number of hydrogen-bond donors (Lipinski definition) is 3.